The highest BCUT2D eigenvalue weighted by Crippen LogP contribution is 2.40. The van der Waals surface area contributed by atoms with E-state index in [2.05, 4.69) is 69.0 Å². The number of fused-ring (bicyclic) bond motifs is 1. The van der Waals surface area contributed by atoms with Gasteiger partial charge in [-0.1, -0.05) is 31.2 Å². The lowest BCUT2D eigenvalue weighted by molar-refractivity contribution is 0.289. The molecule has 0 saturated carbocycles. The first-order valence-electron chi connectivity index (χ1n) is 8.38. The molecule has 21 heavy (non-hydrogen) atoms. The van der Waals surface area contributed by atoms with Gasteiger partial charge >= 0.3 is 0 Å². The second-order valence-corrected chi connectivity index (χ2v) is 8.74. The number of rotatable bonds is 6. The van der Waals surface area contributed by atoms with Gasteiger partial charge in [0.15, 0.2) is 0 Å². The Balaban J connectivity index is 2.24. The van der Waals surface area contributed by atoms with E-state index in [1.54, 1.807) is 11.1 Å². The van der Waals surface area contributed by atoms with Crippen molar-refractivity contribution in [3.8, 4) is 0 Å². The molecule has 2 rings (SSSR count). The summed E-state index contributed by atoms with van der Waals surface area (Å²) in [5.74, 6) is 2.50. The van der Waals surface area contributed by atoms with Crippen LogP contribution < -0.4 is 5.32 Å². The molecule has 2 heteroatoms. The summed E-state index contributed by atoms with van der Waals surface area (Å²) in [5, 5.41) is 3.79. The van der Waals surface area contributed by atoms with Gasteiger partial charge in [0.05, 0.1) is 0 Å². The van der Waals surface area contributed by atoms with Crippen LogP contribution in [-0.4, -0.2) is 23.6 Å². The first-order valence-corrected chi connectivity index (χ1v) is 9.53. The maximum atomic E-state index is 3.79. The summed E-state index contributed by atoms with van der Waals surface area (Å²) in [4.78, 5) is 0. The fraction of sp³-hybridized carbons (Fsp3) is 0.684. The summed E-state index contributed by atoms with van der Waals surface area (Å²) < 4.78 is 0. The summed E-state index contributed by atoms with van der Waals surface area (Å²) in [6, 6.07) is 9.15. The van der Waals surface area contributed by atoms with Crippen molar-refractivity contribution in [2.45, 2.75) is 64.3 Å². The van der Waals surface area contributed by atoms with E-state index in [-0.39, 0.29) is 5.54 Å². The minimum absolute atomic E-state index is 0.192. The van der Waals surface area contributed by atoms with Gasteiger partial charge in [-0.05, 0) is 69.1 Å². The van der Waals surface area contributed by atoms with Crippen molar-refractivity contribution in [1.82, 2.24) is 5.32 Å². The second-order valence-electron chi connectivity index (χ2n) is 7.34. The van der Waals surface area contributed by atoms with Crippen LogP contribution in [0.15, 0.2) is 24.3 Å². The molecular formula is C19H31NS. The first kappa shape index (κ1) is 16.9. The minimum atomic E-state index is 0.192. The second kappa shape index (κ2) is 7.19. The molecular weight excluding hydrogens is 274 g/mol. The standard InChI is InChI=1S/C19H31NS/c1-5-21-14-13-19(15-20-18(2,3)4)12-8-10-16-9-6-7-11-17(16)19/h6-7,9,11,20H,5,8,10,12-15H2,1-4H3. The van der Waals surface area contributed by atoms with Gasteiger partial charge in [-0.25, -0.2) is 0 Å². The Morgan fingerprint density at radius 1 is 1.24 bits per heavy atom. The highest BCUT2D eigenvalue weighted by molar-refractivity contribution is 7.99. The largest absolute Gasteiger partial charge is 0.311 e. The zero-order chi connectivity index (χ0) is 15.3. The first-order chi connectivity index (χ1) is 9.97. The van der Waals surface area contributed by atoms with E-state index < -0.39 is 0 Å². The molecule has 1 aromatic carbocycles. The third-order valence-corrected chi connectivity index (χ3v) is 5.48. The molecule has 0 aromatic heterocycles. The summed E-state index contributed by atoms with van der Waals surface area (Å²) in [5.41, 5.74) is 3.73. The van der Waals surface area contributed by atoms with Gasteiger partial charge in [-0.3, -0.25) is 0 Å². The molecule has 0 aliphatic heterocycles. The van der Waals surface area contributed by atoms with Crippen LogP contribution in [0.4, 0.5) is 0 Å². The Kier molecular flexibility index (Phi) is 5.79. The SMILES string of the molecule is CCSCCC1(CNC(C)(C)C)CCCc2ccccc21. The van der Waals surface area contributed by atoms with Crippen molar-refractivity contribution in [3.05, 3.63) is 35.4 Å². The average molecular weight is 306 g/mol. The maximum Gasteiger partial charge on any atom is 0.00968 e. The molecule has 1 aromatic rings. The number of nitrogens with one attached hydrogen (secondary N) is 1. The van der Waals surface area contributed by atoms with E-state index in [4.69, 9.17) is 0 Å². The maximum absolute atomic E-state index is 3.79. The van der Waals surface area contributed by atoms with Crippen LogP contribution in [0.25, 0.3) is 0 Å². The van der Waals surface area contributed by atoms with Crippen molar-refractivity contribution in [2.24, 2.45) is 0 Å². The Morgan fingerprint density at radius 2 is 2.00 bits per heavy atom. The van der Waals surface area contributed by atoms with Gasteiger partial charge in [0.1, 0.15) is 0 Å². The van der Waals surface area contributed by atoms with Crippen LogP contribution in [0.3, 0.4) is 0 Å². The molecule has 1 unspecified atom stereocenters. The van der Waals surface area contributed by atoms with Gasteiger partial charge in [0.25, 0.3) is 0 Å². The quantitative estimate of drug-likeness (QED) is 0.758. The van der Waals surface area contributed by atoms with E-state index in [1.165, 1.54) is 37.2 Å². The van der Waals surface area contributed by atoms with Crippen LogP contribution in [0.2, 0.25) is 0 Å². The lowest BCUT2D eigenvalue weighted by atomic mass is 9.68. The summed E-state index contributed by atoms with van der Waals surface area (Å²) >= 11 is 2.08. The molecule has 1 aliphatic carbocycles. The predicted molar refractivity (Wildman–Crippen MR) is 96.4 cm³/mol. The van der Waals surface area contributed by atoms with Crippen molar-refractivity contribution in [2.75, 3.05) is 18.1 Å². The molecule has 0 fully saturated rings. The molecule has 0 radical (unpaired) electrons. The summed E-state index contributed by atoms with van der Waals surface area (Å²) in [7, 11) is 0. The van der Waals surface area contributed by atoms with E-state index in [0.717, 1.165) is 6.54 Å². The highest BCUT2D eigenvalue weighted by atomic mass is 32.2. The van der Waals surface area contributed by atoms with E-state index in [1.807, 2.05) is 0 Å². The topological polar surface area (TPSA) is 12.0 Å². The minimum Gasteiger partial charge on any atom is -0.311 e. The molecule has 0 bridgehead atoms. The number of benzene rings is 1. The summed E-state index contributed by atoms with van der Waals surface area (Å²) in [6.07, 6.45) is 5.22. The van der Waals surface area contributed by atoms with Gasteiger partial charge in [0, 0.05) is 17.5 Å². The Morgan fingerprint density at radius 3 is 2.71 bits per heavy atom. The zero-order valence-corrected chi connectivity index (χ0v) is 15.0. The molecule has 1 atom stereocenters. The van der Waals surface area contributed by atoms with Crippen molar-refractivity contribution < 1.29 is 0 Å². The number of hydrogen-bond donors (Lipinski definition) is 1. The molecule has 1 N–H and O–H groups in total. The fourth-order valence-electron chi connectivity index (χ4n) is 3.39. The Bertz CT molecular complexity index is 449. The fourth-order valence-corrected chi connectivity index (χ4v) is 4.21. The molecule has 1 nitrogen and oxygen atoms in total. The number of aryl methyl sites for hydroxylation is 1. The summed E-state index contributed by atoms with van der Waals surface area (Å²) in [6.45, 7) is 10.2. The molecule has 118 valence electrons. The van der Waals surface area contributed by atoms with Crippen molar-refractivity contribution in [3.63, 3.8) is 0 Å². The van der Waals surface area contributed by atoms with Gasteiger partial charge in [-0.15, -0.1) is 0 Å². The van der Waals surface area contributed by atoms with Crippen LogP contribution in [0, 0.1) is 0 Å². The average Bonchev–Trinajstić information content (AvgIpc) is 2.45. The third kappa shape index (κ3) is 4.50. The van der Waals surface area contributed by atoms with Crippen LogP contribution in [0.1, 0.15) is 58.1 Å². The molecule has 1 aliphatic rings. The Hall–Kier alpha value is -0.470. The van der Waals surface area contributed by atoms with E-state index in [9.17, 15) is 0 Å². The van der Waals surface area contributed by atoms with Crippen LogP contribution in [-0.2, 0) is 11.8 Å². The predicted octanol–water partition coefficient (Wildman–Crippen LogP) is 4.79. The smallest absolute Gasteiger partial charge is 0.00968 e. The highest BCUT2D eigenvalue weighted by Gasteiger charge is 2.36. The zero-order valence-electron chi connectivity index (χ0n) is 14.2. The monoisotopic (exact) mass is 305 g/mol. The van der Waals surface area contributed by atoms with E-state index >= 15 is 0 Å². The third-order valence-electron chi connectivity index (χ3n) is 4.58. The molecule has 0 spiro atoms. The normalized spacial score (nSPS) is 22.1. The van der Waals surface area contributed by atoms with Crippen LogP contribution in [0.5, 0.6) is 0 Å². The molecule has 0 heterocycles. The van der Waals surface area contributed by atoms with E-state index in [0.29, 0.717) is 5.41 Å². The van der Waals surface area contributed by atoms with Gasteiger partial charge < -0.3 is 5.32 Å². The Labute approximate surface area is 135 Å². The van der Waals surface area contributed by atoms with Crippen molar-refractivity contribution >= 4 is 11.8 Å². The number of thioether (sulfide) groups is 1. The van der Waals surface area contributed by atoms with Gasteiger partial charge in [-0.2, -0.15) is 11.8 Å². The lowest BCUT2D eigenvalue weighted by Gasteiger charge is -2.41. The lowest BCUT2D eigenvalue weighted by Crippen LogP contribution is -2.47. The molecule has 0 amide bonds. The molecule has 0 saturated heterocycles. The van der Waals surface area contributed by atoms with Crippen molar-refractivity contribution in [1.29, 1.82) is 0 Å². The van der Waals surface area contributed by atoms with Crippen LogP contribution >= 0.6 is 11.8 Å². The van der Waals surface area contributed by atoms with Gasteiger partial charge in [0.2, 0.25) is 0 Å². The number of hydrogen-bond acceptors (Lipinski definition) is 2.